The first-order valence-electron chi connectivity index (χ1n) is 8.13. The quantitative estimate of drug-likeness (QED) is 0.365. The van der Waals surface area contributed by atoms with Crippen LogP contribution in [0, 0.1) is 5.41 Å². The van der Waals surface area contributed by atoms with Crippen LogP contribution < -0.4 is 10.6 Å². The molecule has 1 aromatic heterocycles. The molecule has 0 saturated heterocycles. The molecule has 0 bridgehead atoms. The number of guanidine groups is 1. The van der Waals surface area contributed by atoms with E-state index in [1.807, 2.05) is 6.92 Å². The molecule has 26 heavy (non-hydrogen) atoms. The number of aromatic nitrogens is 2. The fraction of sp³-hybridized carbons (Fsp3) is 0.750. The van der Waals surface area contributed by atoms with E-state index in [1.54, 1.807) is 7.11 Å². The Kier molecular flexibility index (Phi) is 9.92. The van der Waals surface area contributed by atoms with Crippen LogP contribution >= 0.6 is 24.0 Å². The Labute approximate surface area is 170 Å². The van der Waals surface area contributed by atoms with Gasteiger partial charge in [0, 0.05) is 39.0 Å². The summed E-state index contributed by atoms with van der Waals surface area (Å²) in [6.45, 7) is 9.02. The second kappa shape index (κ2) is 10.3. The number of ether oxygens (including phenoxy) is 1. The maximum Gasteiger partial charge on any atom is 0.435 e. The lowest BCUT2D eigenvalue weighted by atomic mass is 9.89. The van der Waals surface area contributed by atoms with Crippen LogP contribution in [-0.4, -0.2) is 42.0 Å². The third-order valence-electron chi connectivity index (χ3n) is 3.63. The Morgan fingerprint density at radius 3 is 2.38 bits per heavy atom. The average Bonchev–Trinajstić information content (AvgIpc) is 2.85. The van der Waals surface area contributed by atoms with Crippen LogP contribution in [0.5, 0.6) is 0 Å². The van der Waals surface area contributed by atoms with E-state index in [-0.39, 0.29) is 47.6 Å². The summed E-state index contributed by atoms with van der Waals surface area (Å²) in [6, 6.07) is 0. The van der Waals surface area contributed by atoms with Gasteiger partial charge in [0.05, 0.1) is 12.6 Å². The SMILES string of the molecule is CCNC(=NCc1cn(C)nc1C(F)(F)F)NCC(OC)C(C)(C)C.I. The Hall–Kier alpha value is -1.04. The van der Waals surface area contributed by atoms with Gasteiger partial charge in [0.2, 0.25) is 0 Å². The Morgan fingerprint density at radius 2 is 1.92 bits per heavy atom. The van der Waals surface area contributed by atoms with Crippen molar-refractivity contribution in [1.82, 2.24) is 20.4 Å². The molecule has 0 saturated carbocycles. The van der Waals surface area contributed by atoms with E-state index in [9.17, 15) is 13.2 Å². The number of rotatable bonds is 6. The molecule has 1 aromatic rings. The van der Waals surface area contributed by atoms with Crippen molar-refractivity contribution in [2.75, 3.05) is 20.2 Å². The van der Waals surface area contributed by atoms with E-state index in [0.29, 0.717) is 19.0 Å². The second-order valence-corrected chi connectivity index (χ2v) is 6.84. The molecular weight excluding hydrogens is 462 g/mol. The highest BCUT2D eigenvalue weighted by atomic mass is 127. The van der Waals surface area contributed by atoms with Crippen LogP contribution in [0.15, 0.2) is 11.2 Å². The molecule has 1 unspecified atom stereocenters. The summed E-state index contributed by atoms with van der Waals surface area (Å²) >= 11 is 0. The molecule has 6 nitrogen and oxygen atoms in total. The number of alkyl halides is 3. The number of nitrogens with zero attached hydrogens (tertiary/aromatic N) is 3. The molecule has 0 aliphatic carbocycles. The second-order valence-electron chi connectivity index (χ2n) is 6.84. The Balaban J connectivity index is 0.00000625. The predicted octanol–water partition coefficient (Wildman–Crippen LogP) is 3.17. The Morgan fingerprint density at radius 1 is 1.31 bits per heavy atom. The largest absolute Gasteiger partial charge is 0.435 e. The van der Waals surface area contributed by atoms with Crippen molar-refractivity contribution in [3.63, 3.8) is 0 Å². The molecular formula is C16H29F3IN5O. The molecule has 10 heteroatoms. The zero-order chi connectivity index (χ0) is 19.3. The van der Waals surface area contributed by atoms with Crippen molar-refractivity contribution < 1.29 is 17.9 Å². The van der Waals surface area contributed by atoms with Crippen LogP contribution in [0.3, 0.4) is 0 Å². The van der Waals surface area contributed by atoms with Crippen molar-refractivity contribution in [3.05, 3.63) is 17.5 Å². The van der Waals surface area contributed by atoms with E-state index < -0.39 is 11.9 Å². The monoisotopic (exact) mass is 491 g/mol. The fourth-order valence-electron chi connectivity index (χ4n) is 2.33. The number of methoxy groups -OCH3 is 1. The van der Waals surface area contributed by atoms with Gasteiger partial charge >= 0.3 is 6.18 Å². The van der Waals surface area contributed by atoms with Gasteiger partial charge in [0.15, 0.2) is 11.7 Å². The summed E-state index contributed by atoms with van der Waals surface area (Å²) in [4.78, 5) is 4.25. The number of aliphatic imine (C=N–C) groups is 1. The van der Waals surface area contributed by atoms with Gasteiger partial charge in [-0.1, -0.05) is 20.8 Å². The summed E-state index contributed by atoms with van der Waals surface area (Å²) in [6.07, 6.45) is -3.23. The van der Waals surface area contributed by atoms with Gasteiger partial charge < -0.3 is 15.4 Å². The molecule has 1 heterocycles. The van der Waals surface area contributed by atoms with Gasteiger partial charge in [0.1, 0.15) is 0 Å². The zero-order valence-electron chi connectivity index (χ0n) is 16.1. The van der Waals surface area contributed by atoms with E-state index >= 15 is 0 Å². The minimum atomic E-state index is -4.49. The van der Waals surface area contributed by atoms with Gasteiger partial charge in [-0.15, -0.1) is 24.0 Å². The smallest absolute Gasteiger partial charge is 0.379 e. The zero-order valence-corrected chi connectivity index (χ0v) is 18.4. The minimum Gasteiger partial charge on any atom is -0.379 e. The van der Waals surface area contributed by atoms with Crippen LogP contribution in [-0.2, 0) is 24.5 Å². The van der Waals surface area contributed by atoms with E-state index in [2.05, 4.69) is 41.5 Å². The van der Waals surface area contributed by atoms with Crippen LogP contribution in [0.2, 0.25) is 0 Å². The highest BCUT2D eigenvalue weighted by Gasteiger charge is 2.36. The van der Waals surface area contributed by atoms with Gasteiger partial charge in [-0.25, -0.2) is 4.99 Å². The van der Waals surface area contributed by atoms with Crippen LogP contribution in [0.1, 0.15) is 39.0 Å². The summed E-state index contributed by atoms with van der Waals surface area (Å²) in [5, 5.41) is 9.63. The topological polar surface area (TPSA) is 63.5 Å². The van der Waals surface area contributed by atoms with Crippen molar-refractivity contribution in [2.24, 2.45) is 17.5 Å². The first-order valence-corrected chi connectivity index (χ1v) is 8.13. The van der Waals surface area contributed by atoms with Crippen LogP contribution in [0.4, 0.5) is 13.2 Å². The van der Waals surface area contributed by atoms with E-state index in [4.69, 9.17) is 4.74 Å². The molecule has 0 aliphatic heterocycles. The molecule has 152 valence electrons. The lowest BCUT2D eigenvalue weighted by molar-refractivity contribution is -0.142. The van der Waals surface area contributed by atoms with E-state index in [0.717, 1.165) is 4.68 Å². The normalized spacial score (nSPS) is 14.0. The lowest BCUT2D eigenvalue weighted by Crippen LogP contribution is -2.45. The lowest BCUT2D eigenvalue weighted by Gasteiger charge is -2.30. The minimum absolute atomic E-state index is 0. The Bertz CT molecular complexity index is 581. The van der Waals surface area contributed by atoms with Crippen molar-refractivity contribution in [2.45, 2.75) is 46.5 Å². The molecule has 2 N–H and O–H groups in total. The summed E-state index contributed by atoms with van der Waals surface area (Å²) in [5.74, 6) is 0.436. The summed E-state index contributed by atoms with van der Waals surface area (Å²) < 4.78 is 45.6. The number of hydrogen-bond acceptors (Lipinski definition) is 3. The summed E-state index contributed by atoms with van der Waals surface area (Å²) in [5.41, 5.74) is -0.948. The van der Waals surface area contributed by atoms with E-state index in [1.165, 1.54) is 13.2 Å². The third-order valence-corrected chi connectivity index (χ3v) is 3.63. The van der Waals surface area contributed by atoms with Crippen molar-refractivity contribution >= 4 is 29.9 Å². The molecule has 0 amide bonds. The summed E-state index contributed by atoms with van der Waals surface area (Å²) in [7, 11) is 3.09. The van der Waals surface area contributed by atoms with Gasteiger partial charge in [-0.2, -0.15) is 18.3 Å². The van der Waals surface area contributed by atoms with Crippen LogP contribution in [0.25, 0.3) is 0 Å². The molecule has 1 atom stereocenters. The first-order chi connectivity index (χ1) is 11.5. The van der Waals surface area contributed by atoms with Gasteiger partial charge in [0.25, 0.3) is 0 Å². The fourth-order valence-corrected chi connectivity index (χ4v) is 2.33. The third kappa shape index (κ3) is 7.68. The molecule has 0 fully saturated rings. The predicted molar refractivity (Wildman–Crippen MR) is 107 cm³/mol. The number of aryl methyl sites for hydroxylation is 1. The molecule has 0 spiro atoms. The average molecular weight is 491 g/mol. The maximum atomic E-state index is 13.0. The van der Waals surface area contributed by atoms with Crippen molar-refractivity contribution in [1.29, 1.82) is 0 Å². The number of nitrogens with one attached hydrogen (secondary N) is 2. The molecule has 0 aliphatic rings. The maximum absolute atomic E-state index is 13.0. The van der Waals surface area contributed by atoms with Crippen molar-refractivity contribution in [3.8, 4) is 0 Å². The standard InChI is InChI=1S/C16H28F3N5O.HI/c1-7-20-14(22-9-12(25-6)15(2,3)4)21-8-11-10-24(5)23-13(11)16(17,18)19;/h10,12H,7-9H2,1-6H3,(H2,20,21,22);1H. The van der Waals surface area contributed by atoms with Gasteiger partial charge in [-0.3, -0.25) is 4.68 Å². The number of hydrogen-bond donors (Lipinski definition) is 2. The molecule has 1 rings (SSSR count). The molecule has 0 aromatic carbocycles. The van der Waals surface area contributed by atoms with Gasteiger partial charge in [-0.05, 0) is 12.3 Å². The number of halogens is 4. The highest BCUT2D eigenvalue weighted by Crippen LogP contribution is 2.30. The highest BCUT2D eigenvalue weighted by molar-refractivity contribution is 14.0. The molecule has 0 radical (unpaired) electrons. The first kappa shape index (κ1) is 25.0.